The van der Waals surface area contributed by atoms with Gasteiger partial charge in [0, 0.05) is 22.5 Å². The smallest absolute Gasteiger partial charge is 0.0465 e. The molecule has 154 valence electrons. The molecule has 0 saturated carbocycles. The SMILES string of the molecule is CCCc1ccc2c(c1)-c1ccc(N(c3ccccc3)c3ccccc3)cc1C2(C)C. The molecule has 1 nitrogen and oxygen atoms in total. The second-order valence-electron chi connectivity index (χ2n) is 8.99. The number of hydrogen-bond donors (Lipinski definition) is 0. The first-order valence-electron chi connectivity index (χ1n) is 11.3. The van der Waals surface area contributed by atoms with Gasteiger partial charge in [-0.05, 0) is 70.6 Å². The highest BCUT2D eigenvalue weighted by molar-refractivity contribution is 5.85. The Morgan fingerprint density at radius 2 is 1.26 bits per heavy atom. The predicted molar refractivity (Wildman–Crippen MR) is 133 cm³/mol. The maximum Gasteiger partial charge on any atom is 0.0465 e. The van der Waals surface area contributed by atoms with E-state index in [4.69, 9.17) is 0 Å². The topological polar surface area (TPSA) is 3.24 Å². The van der Waals surface area contributed by atoms with Crippen molar-refractivity contribution in [1.29, 1.82) is 0 Å². The van der Waals surface area contributed by atoms with Crippen LogP contribution in [0.4, 0.5) is 17.1 Å². The minimum Gasteiger partial charge on any atom is -0.310 e. The van der Waals surface area contributed by atoms with Crippen molar-refractivity contribution in [3.8, 4) is 11.1 Å². The number of benzene rings is 4. The normalized spacial score (nSPS) is 13.5. The Bertz CT molecular complexity index is 1170. The average Bonchev–Trinajstić information content (AvgIpc) is 3.02. The van der Waals surface area contributed by atoms with Gasteiger partial charge in [0.25, 0.3) is 0 Å². The van der Waals surface area contributed by atoms with Crippen molar-refractivity contribution in [1.82, 2.24) is 0 Å². The Labute approximate surface area is 186 Å². The van der Waals surface area contributed by atoms with Gasteiger partial charge in [0.05, 0.1) is 0 Å². The lowest BCUT2D eigenvalue weighted by atomic mass is 9.82. The van der Waals surface area contributed by atoms with E-state index in [0.29, 0.717) is 0 Å². The Balaban J connectivity index is 1.66. The maximum absolute atomic E-state index is 2.41. The van der Waals surface area contributed by atoms with Crippen LogP contribution in [0.1, 0.15) is 43.9 Å². The van der Waals surface area contributed by atoms with Gasteiger partial charge in [0.1, 0.15) is 0 Å². The van der Waals surface area contributed by atoms with E-state index in [1.807, 2.05) is 0 Å². The molecule has 0 saturated heterocycles. The van der Waals surface area contributed by atoms with E-state index in [-0.39, 0.29) is 5.41 Å². The summed E-state index contributed by atoms with van der Waals surface area (Å²) < 4.78 is 0. The summed E-state index contributed by atoms with van der Waals surface area (Å²) in [6.45, 7) is 6.96. The highest BCUT2D eigenvalue weighted by atomic mass is 15.1. The van der Waals surface area contributed by atoms with Gasteiger partial charge in [-0.15, -0.1) is 0 Å². The van der Waals surface area contributed by atoms with Crippen LogP contribution < -0.4 is 4.90 Å². The molecule has 0 radical (unpaired) electrons. The van der Waals surface area contributed by atoms with Crippen LogP contribution in [-0.2, 0) is 11.8 Å². The third-order valence-electron chi connectivity index (χ3n) is 6.55. The van der Waals surface area contributed by atoms with Gasteiger partial charge in [-0.2, -0.15) is 0 Å². The molecule has 0 amide bonds. The van der Waals surface area contributed by atoms with Gasteiger partial charge in [0.2, 0.25) is 0 Å². The summed E-state index contributed by atoms with van der Waals surface area (Å²) in [5.41, 5.74) is 10.6. The summed E-state index contributed by atoms with van der Waals surface area (Å²) in [6, 6.07) is 35.4. The molecule has 0 spiro atoms. The number of para-hydroxylation sites is 2. The zero-order valence-electron chi connectivity index (χ0n) is 18.6. The summed E-state index contributed by atoms with van der Waals surface area (Å²) in [5.74, 6) is 0. The molecule has 5 rings (SSSR count). The largest absolute Gasteiger partial charge is 0.310 e. The van der Waals surface area contributed by atoms with E-state index in [0.717, 1.165) is 6.42 Å². The van der Waals surface area contributed by atoms with Gasteiger partial charge in [0.15, 0.2) is 0 Å². The molecule has 31 heavy (non-hydrogen) atoms. The molecule has 1 aliphatic rings. The molecule has 4 aromatic carbocycles. The van der Waals surface area contributed by atoms with Crippen LogP contribution >= 0.6 is 0 Å². The second-order valence-corrected chi connectivity index (χ2v) is 8.99. The fraction of sp³-hybridized carbons (Fsp3) is 0.200. The molecule has 0 heterocycles. The quantitative estimate of drug-likeness (QED) is 0.323. The first-order chi connectivity index (χ1) is 15.1. The van der Waals surface area contributed by atoms with Crippen molar-refractivity contribution in [2.75, 3.05) is 4.90 Å². The molecule has 0 N–H and O–H groups in total. The number of rotatable bonds is 5. The van der Waals surface area contributed by atoms with E-state index < -0.39 is 0 Å². The summed E-state index contributed by atoms with van der Waals surface area (Å²) in [6.07, 6.45) is 2.31. The van der Waals surface area contributed by atoms with Crippen molar-refractivity contribution < 1.29 is 0 Å². The van der Waals surface area contributed by atoms with Gasteiger partial charge in [-0.25, -0.2) is 0 Å². The van der Waals surface area contributed by atoms with Crippen LogP contribution in [0.25, 0.3) is 11.1 Å². The molecule has 4 aromatic rings. The van der Waals surface area contributed by atoms with E-state index in [1.165, 1.54) is 51.3 Å². The maximum atomic E-state index is 2.41. The van der Waals surface area contributed by atoms with Crippen LogP contribution in [0.15, 0.2) is 97.1 Å². The van der Waals surface area contributed by atoms with Gasteiger partial charge in [-0.1, -0.05) is 87.9 Å². The van der Waals surface area contributed by atoms with Crippen molar-refractivity contribution in [3.63, 3.8) is 0 Å². The average molecular weight is 404 g/mol. The van der Waals surface area contributed by atoms with Gasteiger partial charge < -0.3 is 4.90 Å². The third kappa shape index (κ3) is 3.35. The van der Waals surface area contributed by atoms with E-state index in [1.54, 1.807) is 0 Å². The molecular weight excluding hydrogens is 374 g/mol. The molecule has 0 atom stereocenters. The number of aryl methyl sites for hydroxylation is 1. The second kappa shape index (κ2) is 7.74. The monoisotopic (exact) mass is 403 g/mol. The van der Waals surface area contributed by atoms with Crippen LogP contribution in [-0.4, -0.2) is 0 Å². The molecule has 0 bridgehead atoms. The first-order valence-corrected chi connectivity index (χ1v) is 11.3. The molecule has 0 unspecified atom stereocenters. The van der Waals surface area contributed by atoms with E-state index in [2.05, 4.69) is 123 Å². The van der Waals surface area contributed by atoms with E-state index >= 15 is 0 Å². The number of fused-ring (bicyclic) bond motifs is 3. The predicted octanol–water partition coefficient (Wildman–Crippen LogP) is 8.42. The summed E-state index contributed by atoms with van der Waals surface area (Å²) in [5, 5.41) is 0. The molecular formula is C30H29N. The summed E-state index contributed by atoms with van der Waals surface area (Å²) in [4.78, 5) is 2.35. The number of anilines is 3. The Kier molecular flexibility index (Phi) is 4.90. The number of hydrogen-bond acceptors (Lipinski definition) is 1. The highest BCUT2D eigenvalue weighted by Crippen LogP contribution is 2.50. The molecule has 1 heteroatoms. The van der Waals surface area contributed by atoms with Crippen molar-refractivity contribution in [3.05, 3.63) is 114 Å². The van der Waals surface area contributed by atoms with Crippen LogP contribution in [0.5, 0.6) is 0 Å². The zero-order valence-corrected chi connectivity index (χ0v) is 18.6. The Morgan fingerprint density at radius 1 is 0.613 bits per heavy atom. The minimum atomic E-state index is -0.00946. The van der Waals surface area contributed by atoms with Crippen molar-refractivity contribution in [2.45, 2.75) is 39.0 Å². The molecule has 0 fully saturated rings. The molecule has 0 aromatic heterocycles. The standard InChI is InChI=1S/C30H29N/c1-4-11-22-16-19-28-27(20-22)26-18-17-25(21-29(26)30(28,2)3)31(23-12-7-5-8-13-23)24-14-9-6-10-15-24/h5-10,12-21H,4,11H2,1-3H3. The molecule has 0 aliphatic heterocycles. The Morgan fingerprint density at radius 3 is 1.87 bits per heavy atom. The molecule has 1 aliphatic carbocycles. The van der Waals surface area contributed by atoms with Crippen LogP contribution in [0.2, 0.25) is 0 Å². The lowest BCUT2D eigenvalue weighted by Gasteiger charge is -2.28. The number of nitrogens with zero attached hydrogens (tertiary/aromatic N) is 1. The minimum absolute atomic E-state index is 0.00946. The fourth-order valence-electron chi connectivity index (χ4n) is 4.97. The first kappa shape index (κ1) is 19.6. The lowest BCUT2D eigenvalue weighted by molar-refractivity contribution is 0.660. The van der Waals surface area contributed by atoms with Gasteiger partial charge in [-0.3, -0.25) is 0 Å². The summed E-state index contributed by atoms with van der Waals surface area (Å²) in [7, 11) is 0. The lowest BCUT2D eigenvalue weighted by Crippen LogP contribution is -2.16. The summed E-state index contributed by atoms with van der Waals surface area (Å²) >= 11 is 0. The van der Waals surface area contributed by atoms with E-state index in [9.17, 15) is 0 Å². The highest BCUT2D eigenvalue weighted by Gasteiger charge is 2.36. The fourth-order valence-corrected chi connectivity index (χ4v) is 4.97. The zero-order chi connectivity index (χ0) is 21.4. The van der Waals surface area contributed by atoms with Crippen molar-refractivity contribution >= 4 is 17.1 Å². The third-order valence-corrected chi connectivity index (χ3v) is 6.55. The van der Waals surface area contributed by atoms with Crippen LogP contribution in [0, 0.1) is 0 Å². The Hall–Kier alpha value is -3.32. The van der Waals surface area contributed by atoms with Crippen LogP contribution in [0.3, 0.4) is 0 Å². The van der Waals surface area contributed by atoms with Crippen molar-refractivity contribution in [2.24, 2.45) is 0 Å². The van der Waals surface area contributed by atoms with Gasteiger partial charge >= 0.3 is 0 Å².